The molecule has 0 unspecified atom stereocenters. The van der Waals surface area contributed by atoms with Gasteiger partial charge in [0, 0.05) is 38.0 Å². The van der Waals surface area contributed by atoms with Gasteiger partial charge in [-0.1, -0.05) is 6.92 Å². The van der Waals surface area contributed by atoms with Crippen LogP contribution in [0, 0.1) is 0 Å². The van der Waals surface area contributed by atoms with E-state index in [4.69, 9.17) is 0 Å². The molecule has 6 nitrogen and oxygen atoms in total. The summed E-state index contributed by atoms with van der Waals surface area (Å²) in [6.45, 7) is 3.21. The van der Waals surface area contributed by atoms with Crippen LogP contribution in [0.25, 0.3) is 5.82 Å². The number of carbonyl (C=O) groups is 1. The van der Waals surface area contributed by atoms with Crippen LogP contribution in [-0.2, 0) is 4.79 Å². The van der Waals surface area contributed by atoms with Gasteiger partial charge in [-0.2, -0.15) is 0 Å². The third kappa shape index (κ3) is 4.08. The number of hydrogen-bond acceptors (Lipinski definition) is 4. The summed E-state index contributed by atoms with van der Waals surface area (Å²) in [6, 6.07) is 5.75. The molecule has 2 aromatic heterocycles. The zero-order valence-electron chi connectivity index (χ0n) is 11.5. The number of nitrogens with one attached hydrogen (secondary N) is 2. The Labute approximate surface area is 118 Å². The van der Waals surface area contributed by atoms with Gasteiger partial charge < -0.3 is 15.2 Å². The minimum atomic E-state index is 0.0880. The summed E-state index contributed by atoms with van der Waals surface area (Å²) in [7, 11) is 0. The van der Waals surface area contributed by atoms with Crippen molar-refractivity contribution in [3.63, 3.8) is 0 Å². The zero-order chi connectivity index (χ0) is 14.2. The van der Waals surface area contributed by atoms with E-state index in [0.29, 0.717) is 19.5 Å². The summed E-state index contributed by atoms with van der Waals surface area (Å²) in [5, 5.41) is 6.01. The van der Waals surface area contributed by atoms with Gasteiger partial charge in [-0.25, -0.2) is 9.97 Å². The van der Waals surface area contributed by atoms with E-state index < -0.39 is 0 Å². The molecule has 0 spiro atoms. The molecule has 2 heterocycles. The Hall–Kier alpha value is -2.37. The van der Waals surface area contributed by atoms with Gasteiger partial charge in [0.1, 0.15) is 18.0 Å². The highest BCUT2D eigenvalue weighted by Crippen LogP contribution is 2.08. The standard InChI is InChI=1S/C14H19N5O/c1-2-5-14(20)16-7-6-15-12-10-13(18-11-17-12)19-8-3-4-9-19/h3-4,8-11H,2,5-7H2,1H3,(H,16,20)(H,15,17,18). The number of anilines is 1. The monoisotopic (exact) mass is 273 g/mol. The van der Waals surface area contributed by atoms with Crippen LogP contribution in [-0.4, -0.2) is 33.5 Å². The van der Waals surface area contributed by atoms with Crippen molar-refractivity contribution < 1.29 is 4.79 Å². The van der Waals surface area contributed by atoms with Crippen molar-refractivity contribution in [3.8, 4) is 5.82 Å². The minimum Gasteiger partial charge on any atom is -0.368 e. The van der Waals surface area contributed by atoms with Gasteiger partial charge in [-0.3, -0.25) is 4.79 Å². The van der Waals surface area contributed by atoms with Crippen LogP contribution in [0.1, 0.15) is 19.8 Å². The summed E-state index contributed by atoms with van der Waals surface area (Å²) in [5.41, 5.74) is 0. The first-order chi connectivity index (χ1) is 9.79. The van der Waals surface area contributed by atoms with Crippen molar-refractivity contribution in [2.45, 2.75) is 19.8 Å². The van der Waals surface area contributed by atoms with Crippen molar-refractivity contribution in [2.24, 2.45) is 0 Å². The maximum atomic E-state index is 11.3. The first-order valence-electron chi connectivity index (χ1n) is 6.75. The number of hydrogen-bond donors (Lipinski definition) is 2. The summed E-state index contributed by atoms with van der Waals surface area (Å²) in [4.78, 5) is 19.7. The lowest BCUT2D eigenvalue weighted by atomic mass is 10.3. The molecule has 20 heavy (non-hydrogen) atoms. The van der Waals surface area contributed by atoms with E-state index >= 15 is 0 Å². The topological polar surface area (TPSA) is 71.8 Å². The number of amides is 1. The van der Waals surface area contributed by atoms with E-state index in [1.165, 1.54) is 6.33 Å². The summed E-state index contributed by atoms with van der Waals surface area (Å²) >= 11 is 0. The molecule has 0 aliphatic heterocycles. The quantitative estimate of drug-likeness (QED) is 0.752. The fourth-order valence-electron chi connectivity index (χ4n) is 1.78. The summed E-state index contributed by atoms with van der Waals surface area (Å²) in [6.07, 6.45) is 6.82. The first-order valence-corrected chi connectivity index (χ1v) is 6.75. The molecular weight excluding hydrogens is 254 g/mol. The van der Waals surface area contributed by atoms with Crippen LogP contribution in [0.4, 0.5) is 5.82 Å². The molecule has 0 radical (unpaired) electrons. The third-order valence-electron chi connectivity index (χ3n) is 2.75. The number of rotatable bonds is 7. The van der Waals surface area contributed by atoms with Crippen LogP contribution >= 0.6 is 0 Å². The molecule has 0 saturated heterocycles. The molecule has 0 aliphatic rings. The van der Waals surface area contributed by atoms with Gasteiger partial charge in [-0.05, 0) is 18.6 Å². The van der Waals surface area contributed by atoms with Gasteiger partial charge in [0.15, 0.2) is 0 Å². The molecule has 0 bridgehead atoms. The summed E-state index contributed by atoms with van der Waals surface area (Å²) in [5.74, 6) is 1.64. The molecule has 2 N–H and O–H groups in total. The van der Waals surface area contributed by atoms with Crippen LogP contribution in [0.3, 0.4) is 0 Å². The average molecular weight is 273 g/mol. The first kappa shape index (κ1) is 14.0. The van der Waals surface area contributed by atoms with Crippen molar-refractivity contribution >= 4 is 11.7 Å². The largest absolute Gasteiger partial charge is 0.368 e. The lowest BCUT2D eigenvalue weighted by Crippen LogP contribution is -2.28. The predicted octanol–water partition coefficient (Wildman–Crippen LogP) is 1.60. The molecular formula is C14H19N5O. The Morgan fingerprint density at radius 2 is 2.05 bits per heavy atom. The predicted molar refractivity (Wildman–Crippen MR) is 77.8 cm³/mol. The van der Waals surface area contributed by atoms with E-state index in [-0.39, 0.29) is 5.91 Å². The van der Waals surface area contributed by atoms with E-state index in [2.05, 4.69) is 20.6 Å². The van der Waals surface area contributed by atoms with E-state index in [0.717, 1.165) is 18.1 Å². The van der Waals surface area contributed by atoms with Gasteiger partial charge in [0.05, 0.1) is 0 Å². The Morgan fingerprint density at radius 1 is 1.25 bits per heavy atom. The SMILES string of the molecule is CCCC(=O)NCCNc1cc(-n2cccc2)ncn1. The van der Waals surface area contributed by atoms with E-state index in [1.54, 1.807) is 0 Å². The van der Waals surface area contributed by atoms with Gasteiger partial charge in [0.2, 0.25) is 5.91 Å². The van der Waals surface area contributed by atoms with Gasteiger partial charge in [0.25, 0.3) is 0 Å². The molecule has 0 aliphatic carbocycles. The van der Waals surface area contributed by atoms with E-state index in [9.17, 15) is 4.79 Å². The highest BCUT2D eigenvalue weighted by atomic mass is 16.1. The molecule has 106 valence electrons. The number of carbonyl (C=O) groups excluding carboxylic acids is 1. The molecule has 0 saturated carbocycles. The Kier molecular flexibility index (Phi) is 5.11. The highest BCUT2D eigenvalue weighted by Gasteiger charge is 2.01. The smallest absolute Gasteiger partial charge is 0.220 e. The van der Waals surface area contributed by atoms with Crippen molar-refractivity contribution in [1.29, 1.82) is 0 Å². The molecule has 6 heteroatoms. The van der Waals surface area contributed by atoms with Crippen LogP contribution in [0.15, 0.2) is 36.9 Å². The average Bonchev–Trinajstić information content (AvgIpc) is 2.98. The van der Waals surface area contributed by atoms with Crippen molar-refractivity contribution in [2.75, 3.05) is 18.4 Å². The van der Waals surface area contributed by atoms with E-state index in [1.807, 2.05) is 42.1 Å². The zero-order valence-corrected chi connectivity index (χ0v) is 11.5. The molecule has 0 atom stereocenters. The second kappa shape index (κ2) is 7.28. The fourth-order valence-corrected chi connectivity index (χ4v) is 1.78. The van der Waals surface area contributed by atoms with Gasteiger partial charge >= 0.3 is 0 Å². The minimum absolute atomic E-state index is 0.0880. The second-order valence-electron chi connectivity index (χ2n) is 4.38. The van der Waals surface area contributed by atoms with Crippen LogP contribution in [0.2, 0.25) is 0 Å². The highest BCUT2D eigenvalue weighted by molar-refractivity contribution is 5.75. The Balaban J connectivity index is 1.82. The van der Waals surface area contributed by atoms with Crippen LogP contribution < -0.4 is 10.6 Å². The molecule has 2 aromatic rings. The number of aromatic nitrogens is 3. The molecule has 0 fully saturated rings. The maximum absolute atomic E-state index is 11.3. The lowest BCUT2D eigenvalue weighted by molar-refractivity contribution is -0.121. The molecule has 1 amide bonds. The Bertz CT molecular complexity index is 538. The molecule has 2 rings (SSSR count). The maximum Gasteiger partial charge on any atom is 0.220 e. The summed E-state index contributed by atoms with van der Waals surface area (Å²) < 4.78 is 1.91. The third-order valence-corrected chi connectivity index (χ3v) is 2.75. The van der Waals surface area contributed by atoms with Crippen molar-refractivity contribution in [3.05, 3.63) is 36.9 Å². The second-order valence-corrected chi connectivity index (χ2v) is 4.38. The van der Waals surface area contributed by atoms with Crippen molar-refractivity contribution in [1.82, 2.24) is 19.9 Å². The number of nitrogens with zero attached hydrogens (tertiary/aromatic N) is 3. The lowest BCUT2D eigenvalue weighted by Gasteiger charge is -2.08. The fraction of sp³-hybridized carbons (Fsp3) is 0.357. The normalized spacial score (nSPS) is 10.2. The Morgan fingerprint density at radius 3 is 2.80 bits per heavy atom. The molecule has 0 aromatic carbocycles. The van der Waals surface area contributed by atoms with Gasteiger partial charge in [-0.15, -0.1) is 0 Å². The van der Waals surface area contributed by atoms with Crippen LogP contribution in [0.5, 0.6) is 0 Å².